The Balaban J connectivity index is 2.08. The Kier molecular flexibility index (Phi) is 5.83. The molecule has 1 aromatic rings. The van der Waals surface area contributed by atoms with Crippen LogP contribution in [0.25, 0.3) is 0 Å². The van der Waals surface area contributed by atoms with Gasteiger partial charge < -0.3 is 10.1 Å². The minimum Gasteiger partial charge on any atom is -0.373 e. The Bertz CT molecular complexity index is 492. The fraction of sp³-hybridized carbons (Fsp3) is 0.500. The minimum absolute atomic E-state index is 0.0138. The number of rotatable bonds is 5. The predicted octanol–water partition coefficient (Wildman–Crippen LogP) is 3.07. The van der Waals surface area contributed by atoms with E-state index in [2.05, 4.69) is 18.2 Å². The molecule has 3 unspecified atom stereocenters. The van der Waals surface area contributed by atoms with Crippen molar-refractivity contribution in [2.24, 2.45) is 5.92 Å². The zero-order valence-electron chi connectivity index (χ0n) is 12.5. The second kappa shape index (κ2) is 7.85. The summed E-state index contributed by atoms with van der Waals surface area (Å²) in [6.07, 6.45) is 8.84. The van der Waals surface area contributed by atoms with Crippen molar-refractivity contribution in [3.63, 3.8) is 0 Å². The maximum absolute atomic E-state index is 12.5. The van der Waals surface area contributed by atoms with Crippen LogP contribution in [-0.4, -0.2) is 18.6 Å². The molecule has 0 saturated carbocycles. The van der Waals surface area contributed by atoms with Crippen molar-refractivity contribution in [3.05, 3.63) is 35.9 Å². The third kappa shape index (κ3) is 4.09. The van der Waals surface area contributed by atoms with Crippen LogP contribution in [0.15, 0.2) is 30.3 Å². The number of hydrogen-bond acceptors (Lipinski definition) is 2. The number of carbonyl (C=O) groups is 1. The van der Waals surface area contributed by atoms with Crippen LogP contribution in [0.4, 0.5) is 0 Å². The molecule has 0 bridgehead atoms. The Labute approximate surface area is 127 Å². The molecule has 1 heterocycles. The first-order valence-electron chi connectivity index (χ1n) is 7.69. The summed E-state index contributed by atoms with van der Waals surface area (Å²) in [5.41, 5.74) is 1.06. The van der Waals surface area contributed by atoms with Gasteiger partial charge in [-0.25, -0.2) is 0 Å². The lowest BCUT2D eigenvalue weighted by Crippen LogP contribution is -2.42. The van der Waals surface area contributed by atoms with Crippen molar-refractivity contribution in [3.8, 4) is 12.3 Å². The molecule has 0 aromatic heterocycles. The van der Waals surface area contributed by atoms with Crippen molar-refractivity contribution in [2.45, 2.75) is 44.8 Å². The van der Waals surface area contributed by atoms with Gasteiger partial charge in [-0.3, -0.25) is 4.79 Å². The molecule has 0 aliphatic carbocycles. The largest absolute Gasteiger partial charge is 0.373 e. The summed E-state index contributed by atoms with van der Waals surface area (Å²) in [5.74, 6) is 2.51. The van der Waals surface area contributed by atoms with Gasteiger partial charge in [0, 0.05) is 6.61 Å². The van der Waals surface area contributed by atoms with Gasteiger partial charge in [-0.2, -0.15) is 0 Å². The standard InChI is InChI=1S/C18H23NO2/c1-3-9-15(4-2)19-18(20)16-12-8-13-21-17(16)14-10-6-5-7-11-14/h2,5-7,10-11,15-17H,3,8-9,12-13H2,1H3,(H,19,20). The first-order chi connectivity index (χ1) is 10.3. The smallest absolute Gasteiger partial charge is 0.227 e. The highest BCUT2D eigenvalue weighted by atomic mass is 16.5. The number of carbonyl (C=O) groups excluding carboxylic acids is 1. The van der Waals surface area contributed by atoms with Gasteiger partial charge >= 0.3 is 0 Å². The minimum atomic E-state index is -0.180. The Morgan fingerprint density at radius 3 is 2.90 bits per heavy atom. The molecule has 1 saturated heterocycles. The number of terminal acetylenes is 1. The molecule has 3 heteroatoms. The molecule has 1 fully saturated rings. The molecule has 1 aliphatic heterocycles. The topological polar surface area (TPSA) is 38.3 Å². The number of ether oxygens (including phenoxy) is 1. The molecule has 1 aromatic carbocycles. The van der Waals surface area contributed by atoms with E-state index in [0.29, 0.717) is 6.61 Å². The average Bonchev–Trinajstić information content (AvgIpc) is 2.55. The fourth-order valence-electron chi connectivity index (χ4n) is 2.79. The van der Waals surface area contributed by atoms with Gasteiger partial charge in [0.2, 0.25) is 5.91 Å². The van der Waals surface area contributed by atoms with E-state index >= 15 is 0 Å². The highest BCUT2D eigenvalue weighted by molar-refractivity contribution is 5.80. The zero-order chi connectivity index (χ0) is 15.1. The third-order valence-electron chi connectivity index (χ3n) is 3.88. The van der Waals surface area contributed by atoms with Crippen molar-refractivity contribution in [2.75, 3.05) is 6.61 Å². The molecule has 112 valence electrons. The van der Waals surface area contributed by atoms with Crippen molar-refractivity contribution in [1.82, 2.24) is 5.32 Å². The van der Waals surface area contributed by atoms with Crippen LogP contribution in [0.3, 0.4) is 0 Å². The zero-order valence-corrected chi connectivity index (χ0v) is 12.5. The molecule has 21 heavy (non-hydrogen) atoms. The third-order valence-corrected chi connectivity index (χ3v) is 3.88. The Hall–Kier alpha value is -1.79. The summed E-state index contributed by atoms with van der Waals surface area (Å²) in [6.45, 7) is 2.77. The van der Waals surface area contributed by atoms with Crippen LogP contribution in [0, 0.1) is 18.3 Å². The molecule has 1 aliphatic rings. The molecule has 1 amide bonds. The van der Waals surface area contributed by atoms with Gasteiger partial charge in [0.05, 0.1) is 18.1 Å². The van der Waals surface area contributed by atoms with Crippen LogP contribution in [0.2, 0.25) is 0 Å². The maximum atomic E-state index is 12.5. The summed E-state index contributed by atoms with van der Waals surface area (Å²) >= 11 is 0. The summed E-state index contributed by atoms with van der Waals surface area (Å²) in [7, 11) is 0. The quantitative estimate of drug-likeness (QED) is 0.844. The Morgan fingerprint density at radius 2 is 2.24 bits per heavy atom. The van der Waals surface area contributed by atoms with E-state index in [4.69, 9.17) is 11.2 Å². The number of nitrogens with one attached hydrogen (secondary N) is 1. The molecule has 3 atom stereocenters. The van der Waals surface area contributed by atoms with Gasteiger partial charge in [0.1, 0.15) is 0 Å². The van der Waals surface area contributed by atoms with E-state index in [1.807, 2.05) is 30.3 Å². The van der Waals surface area contributed by atoms with Crippen molar-refractivity contribution >= 4 is 5.91 Å². The van der Waals surface area contributed by atoms with Gasteiger partial charge in [-0.1, -0.05) is 49.6 Å². The van der Waals surface area contributed by atoms with E-state index in [1.54, 1.807) is 0 Å². The molecular weight excluding hydrogens is 262 g/mol. The van der Waals surface area contributed by atoms with Crippen LogP contribution in [-0.2, 0) is 9.53 Å². The lowest BCUT2D eigenvalue weighted by molar-refractivity contribution is -0.135. The van der Waals surface area contributed by atoms with Gasteiger partial charge in [-0.15, -0.1) is 6.42 Å². The van der Waals surface area contributed by atoms with E-state index in [1.165, 1.54) is 0 Å². The first kappa shape index (κ1) is 15.6. The van der Waals surface area contributed by atoms with Crippen LogP contribution >= 0.6 is 0 Å². The summed E-state index contributed by atoms with van der Waals surface area (Å²) in [4.78, 5) is 12.5. The monoisotopic (exact) mass is 285 g/mol. The average molecular weight is 285 g/mol. The fourth-order valence-corrected chi connectivity index (χ4v) is 2.79. The van der Waals surface area contributed by atoms with Gasteiger partial charge in [0.25, 0.3) is 0 Å². The van der Waals surface area contributed by atoms with Crippen LogP contribution in [0.1, 0.15) is 44.3 Å². The van der Waals surface area contributed by atoms with E-state index in [9.17, 15) is 4.79 Å². The molecule has 1 N–H and O–H groups in total. The predicted molar refractivity (Wildman–Crippen MR) is 83.5 cm³/mol. The molecular formula is C18H23NO2. The van der Waals surface area contributed by atoms with Crippen molar-refractivity contribution < 1.29 is 9.53 Å². The maximum Gasteiger partial charge on any atom is 0.227 e. The number of benzene rings is 1. The molecule has 2 rings (SSSR count). The van der Waals surface area contributed by atoms with Gasteiger partial charge in [0.15, 0.2) is 0 Å². The number of amides is 1. The van der Waals surface area contributed by atoms with E-state index < -0.39 is 0 Å². The lowest BCUT2D eigenvalue weighted by Gasteiger charge is -2.31. The van der Waals surface area contributed by atoms with E-state index in [-0.39, 0.29) is 24.0 Å². The second-order valence-electron chi connectivity index (χ2n) is 5.47. The number of hydrogen-bond donors (Lipinski definition) is 1. The van der Waals surface area contributed by atoms with Crippen LogP contribution in [0.5, 0.6) is 0 Å². The van der Waals surface area contributed by atoms with Crippen molar-refractivity contribution in [1.29, 1.82) is 0 Å². The highest BCUT2D eigenvalue weighted by Gasteiger charge is 2.33. The molecule has 0 radical (unpaired) electrons. The highest BCUT2D eigenvalue weighted by Crippen LogP contribution is 2.33. The van der Waals surface area contributed by atoms with Gasteiger partial charge in [-0.05, 0) is 24.8 Å². The molecule has 0 spiro atoms. The van der Waals surface area contributed by atoms with Crippen LogP contribution < -0.4 is 5.32 Å². The summed E-state index contributed by atoms with van der Waals surface area (Å²) in [5, 5.41) is 2.98. The normalized spacial score (nSPS) is 23.0. The first-order valence-corrected chi connectivity index (χ1v) is 7.69. The molecule has 3 nitrogen and oxygen atoms in total. The Morgan fingerprint density at radius 1 is 1.48 bits per heavy atom. The summed E-state index contributed by atoms with van der Waals surface area (Å²) < 4.78 is 5.86. The SMILES string of the molecule is C#CC(CCC)NC(=O)C1CCCOC1c1ccccc1. The summed E-state index contributed by atoms with van der Waals surface area (Å²) in [6, 6.07) is 9.77. The van der Waals surface area contributed by atoms with E-state index in [0.717, 1.165) is 31.2 Å². The lowest BCUT2D eigenvalue weighted by atomic mass is 9.88. The second-order valence-corrected chi connectivity index (χ2v) is 5.47.